The molecule has 0 spiro atoms. The van der Waals surface area contributed by atoms with E-state index in [0.29, 0.717) is 4.47 Å². The molecule has 1 N–H and O–H groups in total. The van der Waals surface area contributed by atoms with Crippen LogP contribution in [0.25, 0.3) is 0 Å². The van der Waals surface area contributed by atoms with E-state index in [1.807, 2.05) is 13.0 Å². The molecule has 0 saturated carbocycles. The number of rotatable bonds is 3. The van der Waals surface area contributed by atoms with Crippen molar-refractivity contribution in [3.63, 3.8) is 0 Å². The number of anilines is 1. The standard InChI is InChI=1S/C13H10BrN3O2S/c1-9-5-6-13(16-8-9)17-20(18,19)12-4-2-3-11(14)10(12)7-15/h2-6,8H,1H3,(H,16,17). The number of aryl methyl sites for hydroxylation is 1. The van der Waals surface area contributed by atoms with E-state index in [-0.39, 0.29) is 16.3 Å². The second-order valence-corrected chi connectivity index (χ2v) is 6.56. The van der Waals surface area contributed by atoms with Gasteiger partial charge in [-0.1, -0.05) is 12.1 Å². The summed E-state index contributed by atoms with van der Waals surface area (Å²) in [5, 5.41) is 9.08. The molecule has 0 fully saturated rings. The predicted molar refractivity (Wildman–Crippen MR) is 78.6 cm³/mol. The van der Waals surface area contributed by atoms with E-state index in [9.17, 15) is 8.42 Å². The van der Waals surface area contributed by atoms with E-state index in [2.05, 4.69) is 25.6 Å². The summed E-state index contributed by atoms with van der Waals surface area (Å²) in [4.78, 5) is 3.90. The number of halogens is 1. The van der Waals surface area contributed by atoms with Gasteiger partial charge in [0.15, 0.2) is 0 Å². The molecule has 20 heavy (non-hydrogen) atoms. The first-order valence-electron chi connectivity index (χ1n) is 5.58. The Labute approximate surface area is 125 Å². The Balaban J connectivity index is 2.44. The van der Waals surface area contributed by atoms with Gasteiger partial charge in [-0.15, -0.1) is 0 Å². The van der Waals surface area contributed by atoms with Crippen LogP contribution in [-0.4, -0.2) is 13.4 Å². The first-order valence-corrected chi connectivity index (χ1v) is 7.86. The molecule has 0 aliphatic heterocycles. The van der Waals surface area contributed by atoms with Crippen LogP contribution in [0, 0.1) is 18.3 Å². The molecule has 0 bridgehead atoms. The molecule has 0 amide bonds. The fraction of sp³-hybridized carbons (Fsp3) is 0.0769. The molecule has 1 heterocycles. The summed E-state index contributed by atoms with van der Waals surface area (Å²) in [7, 11) is -3.86. The van der Waals surface area contributed by atoms with Gasteiger partial charge in [0.2, 0.25) is 0 Å². The van der Waals surface area contributed by atoms with Gasteiger partial charge in [0.25, 0.3) is 10.0 Å². The summed E-state index contributed by atoms with van der Waals surface area (Å²) in [6, 6.07) is 9.74. The number of hydrogen-bond donors (Lipinski definition) is 1. The highest BCUT2D eigenvalue weighted by molar-refractivity contribution is 9.10. The van der Waals surface area contributed by atoms with E-state index >= 15 is 0 Å². The quantitative estimate of drug-likeness (QED) is 0.921. The van der Waals surface area contributed by atoms with Crippen LogP contribution < -0.4 is 4.72 Å². The lowest BCUT2D eigenvalue weighted by molar-refractivity contribution is 0.600. The lowest BCUT2D eigenvalue weighted by atomic mass is 10.2. The zero-order valence-electron chi connectivity index (χ0n) is 10.5. The maximum atomic E-state index is 12.3. The van der Waals surface area contributed by atoms with Crippen LogP contribution in [0.1, 0.15) is 11.1 Å². The Morgan fingerprint density at radius 3 is 2.65 bits per heavy atom. The summed E-state index contributed by atoms with van der Waals surface area (Å²) in [6.45, 7) is 1.85. The topological polar surface area (TPSA) is 82.9 Å². The van der Waals surface area contributed by atoms with Gasteiger partial charge in [-0.2, -0.15) is 5.26 Å². The molecule has 0 aliphatic rings. The van der Waals surface area contributed by atoms with E-state index in [1.54, 1.807) is 30.5 Å². The molecule has 2 aromatic rings. The van der Waals surface area contributed by atoms with Gasteiger partial charge in [-0.05, 0) is 46.6 Å². The van der Waals surface area contributed by atoms with Crippen LogP contribution >= 0.6 is 15.9 Å². The van der Waals surface area contributed by atoms with Crippen molar-refractivity contribution in [2.45, 2.75) is 11.8 Å². The molecule has 2 rings (SSSR count). The zero-order chi connectivity index (χ0) is 14.8. The first-order chi connectivity index (χ1) is 9.44. The minimum atomic E-state index is -3.86. The number of sulfonamides is 1. The zero-order valence-corrected chi connectivity index (χ0v) is 12.9. The number of nitrogens with one attached hydrogen (secondary N) is 1. The minimum Gasteiger partial charge on any atom is -0.263 e. The number of pyridine rings is 1. The number of nitriles is 1. The Kier molecular flexibility index (Phi) is 4.06. The van der Waals surface area contributed by atoms with Gasteiger partial charge in [-0.3, -0.25) is 4.72 Å². The molecule has 0 atom stereocenters. The van der Waals surface area contributed by atoms with Crippen molar-refractivity contribution in [2.24, 2.45) is 0 Å². The van der Waals surface area contributed by atoms with E-state index in [1.165, 1.54) is 6.07 Å². The highest BCUT2D eigenvalue weighted by atomic mass is 79.9. The third-order valence-electron chi connectivity index (χ3n) is 2.53. The van der Waals surface area contributed by atoms with E-state index in [0.717, 1.165) is 5.56 Å². The SMILES string of the molecule is Cc1ccc(NS(=O)(=O)c2cccc(Br)c2C#N)nc1. The smallest absolute Gasteiger partial charge is 0.263 e. The van der Waals surface area contributed by atoms with Gasteiger partial charge >= 0.3 is 0 Å². The van der Waals surface area contributed by atoms with Gasteiger partial charge in [-0.25, -0.2) is 13.4 Å². The monoisotopic (exact) mass is 351 g/mol. The van der Waals surface area contributed by atoms with E-state index in [4.69, 9.17) is 5.26 Å². The van der Waals surface area contributed by atoms with Gasteiger partial charge in [0.1, 0.15) is 16.8 Å². The van der Waals surface area contributed by atoms with E-state index < -0.39 is 10.0 Å². The Hall–Kier alpha value is -1.91. The third-order valence-corrected chi connectivity index (χ3v) is 4.58. The second kappa shape index (κ2) is 5.61. The highest BCUT2D eigenvalue weighted by Gasteiger charge is 2.20. The van der Waals surface area contributed by atoms with Crippen molar-refractivity contribution in [1.29, 1.82) is 5.26 Å². The molecule has 1 aromatic heterocycles. The molecule has 0 radical (unpaired) electrons. The van der Waals surface area contributed by atoms with Crippen LogP contribution in [0.2, 0.25) is 0 Å². The predicted octanol–water partition coefficient (Wildman–Crippen LogP) is 2.83. The van der Waals surface area contributed by atoms with Crippen LogP contribution in [0.3, 0.4) is 0 Å². The maximum Gasteiger partial charge on any atom is 0.264 e. The summed E-state index contributed by atoms with van der Waals surface area (Å²) in [6.07, 6.45) is 1.56. The maximum absolute atomic E-state index is 12.3. The molecule has 102 valence electrons. The van der Waals surface area contributed by atoms with Crippen molar-refractivity contribution < 1.29 is 8.42 Å². The van der Waals surface area contributed by atoms with Gasteiger partial charge in [0, 0.05) is 10.7 Å². The number of benzene rings is 1. The van der Waals surface area contributed by atoms with Crippen molar-refractivity contribution in [3.05, 3.63) is 52.1 Å². The Morgan fingerprint density at radius 2 is 2.05 bits per heavy atom. The van der Waals surface area contributed by atoms with Crippen molar-refractivity contribution in [2.75, 3.05) is 4.72 Å². The molecule has 0 saturated heterocycles. The Morgan fingerprint density at radius 1 is 1.30 bits per heavy atom. The molecular weight excluding hydrogens is 342 g/mol. The lowest BCUT2D eigenvalue weighted by Crippen LogP contribution is -2.15. The molecule has 0 aliphatic carbocycles. The minimum absolute atomic E-state index is 0.0621. The third kappa shape index (κ3) is 2.98. The normalized spacial score (nSPS) is 10.8. The summed E-state index contributed by atoms with van der Waals surface area (Å²) >= 11 is 3.16. The number of hydrogen-bond acceptors (Lipinski definition) is 4. The average molecular weight is 352 g/mol. The molecule has 5 nitrogen and oxygen atoms in total. The molecular formula is C13H10BrN3O2S. The molecule has 1 aromatic carbocycles. The molecule has 7 heteroatoms. The lowest BCUT2D eigenvalue weighted by Gasteiger charge is -2.09. The fourth-order valence-electron chi connectivity index (χ4n) is 1.56. The summed E-state index contributed by atoms with van der Waals surface area (Å²) in [5.74, 6) is 0.208. The van der Waals surface area contributed by atoms with Gasteiger partial charge < -0.3 is 0 Å². The average Bonchev–Trinajstić information content (AvgIpc) is 2.41. The van der Waals surface area contributed by atoms with Crippen LogP contribution in [0.4, 0.5) is 5.82 Å². The second-order valence-electron chi connectivity index (χ2n) is 4.05. The van der Waals surface area contributed by atoms with Crippen molar-refractivity contribution >= 4 is 31.8 Å². The highest BCUT2D eigenvalue weighted by Crippen LogP contribution is 2.24. The van der Waals surface area contributed by atoms with Gasteiger partial charge in [0.05, 0.1) is 5.56 Å². The van der Waals surface area contributed by atoms with Crippen LogP contribution in [0.15, 0.2) is 45.9 Å². The Bertz CT molecular complexity index is 780. The summed E-state index contributed by atoms with van der Waals surface area (Å²) < 4.78 is 27.4. The largest absolute Gasteiger partial charge is 0.264 e. The number of aromatic nitrogens is 1. The van der Waals surface area contributed by atoms with Crippen molar-refractivity contribution in [1.82, 2.24) is 4.98 Å². The van der Waals surface area contributed by atoms with Crippen LogP contribution in [-0.2, 0) is 10.0 Å². The van der Waals surface area contributed by atoms with Crippen molar-refractivity contribution in [3.8, 4) is 6.07 Å². The first kappa shape index (κ1) is 14.5. The van der Waals surface area contributed by atoms with Crippen LogP contribution in [0.5, 0.6) is 0 Å². The molecule has 0 unspecified atom stereocenters. The summed E-state index contributed by atoms with van der Waals surface area (Å²) in [5.41, 5.74) is 0.986. The number of nitrogens with zero attached hydrogens (tertiary/aromatic N) is 2. The fourth-order valence-corrected chi connectivity index (χ4v) is 3.33.